The molecular formula is C24H30FNO5S. The average molecular weight is 464 g/mol. The number of thioether (sulfide) groups is 1. The molecule has 8 heteroatoms. The third-order valence-corrected chi connectivity index (χ3v) is 5.66. The van der Waals surface area contributed by atoms with E-state index in [1.165, 1.54) is 43.7 Å². The minimum absolute atomic E-state index is 0.0476. The summed E-state index contributed by atoms with van der Waals surface area (Å²) in [5.41, 5.74) is 1.48. The Kier molecular flexibility index (Phi) is 10.9. The van der Waals surface area contributed by atoms with Gasteiger partial charge in [0.25, 0.3) is 5.91 Å². The van der Waals surface area contributed by atoms with Gasteiger partial charge in [0, 0.05) is 24.4 Å². The van der Waals surface area contributed by atoms with E-state index >= 15 is 0 Å². The smallest absolute Gasteiger partial charge is 0.315 e. The molecule has 0 atom stereocenters. The number of rotatable bonds is 13. The Bertz CT molecular complexity index is 853. The number of aryl methyl sites for hydroxylation is 1. The summed E-state index contributed by atoms with van der Waals surface area (Å²) in [6, 6.07) is 12.8. The minimum atomic E-state index is -0.646. The number of methoxy groups -OCH3 is 2. The first-order valence-electron chi connectivity index (χ1n) is 10.5. The highest BCUT2D eigenvalue weighted by molar-refractivity contribution is 7.99. The maximum absolute atomic E-state index is 14.3. The summed E-state index contributed by atoms with van der Waals surface area (Å²) in [5.74, 6) is -0.447. The van der Waals surface area contributed by atoms with Crippen LogP contribution in [0.15, 0.2) is 42.5 Å². The Hall–Kier alpha value is -2.74. The van der Waals surface area contributed by atoms with Gasteiger partial charge in [-0.2, -0.15) is 4.39 Å². The third kappa shape index (κ3) is 7.75. The van der Waals surface area contributed by atoms with Gasteiger partial charge in [-0.3, -0.25) is 9.59 Å². The zero-order chi connectivity index (χ0) is 23.3. The van der Waals surface area contributed by atoms with Gasteiger partial charge in [0.2, 0.25) is 5.82 Å². The summed E-state index contributed by atoms with van der Waals surface area (Å²) in [6.07, 6.45) is 1.60. The van der Waals surface area contributed by atoms with Crippen LogP contribution in [0.4, 0.5) is 4.39 Å². The lowest BCUT2D eigenvalue weighted by Gasteiger charge is -2.23. The molecule has 2 rings (SSSR count). The Morgan fingerprint density at radius 2 is 1.69 bits per heavy atom. The molecule has 6 nitrogen and oxygen atoms in total. The summed E-state index contributed by atoms with van der Waals surface area (Å²) in [5, 5.41) is 0. The number of esters is 1. The summed E-state index contributed by atoms with van der Waals surface area (Å²) >= 11 is 1.41. The fourth-order valence-electron chi connectivity index (χ4n) is 3.14. The number of hydrogen-bond donors (Lipinski definition) is 0. The van der Waals surface area contributed by atoms with Crippen LogP contribution in [0.1, 0.15) is 29.3 Å². The Balaban J connectivity index is 2.09. The molecule has 0 fully saturated rings. The van der Waals surface area contributed by atoms with Crippen molar-refractivity contribution in [3.8, 4) is 11.5 Å². The van der Waals surface area contributed by atoms with Gasteiger partial charge in [0.1, 0.15) is 0 Å². The lowest BCUT2D eigenvalue weighted by molar-refractivity contribution is -0.139. The number of ether oxygens (including phenoxy) is 3. The molecule has 0 aliphatic carbocycles. The van der Waals surface area contributed by atoms with Crippen molar-refractivity contribution in [1.29, 1.82) is 0 Å². The van der Waals surface area contributed by atoms with E-state index < -0.39 is 5.82 Å². The first-order valence-corrected chi connectivity index (χ1v) is 11.6. The highest BCUT2D eigenvalue weighted by atomic mass is 32.2. The van der Waals surface area contributed by atoms with Crippen molar-refractivity contribution < 1.29 is 28.2 Å². The quantitative estimate of drug-likeness (QED) is 0.327. The number of benzene rings is 2. The van der Waals surface area contributed by atoms with Crippen LogP contribution in [-0.2, 0) is 16.0 Å². The van der Waals surface area contributed by atoms with Gasteiger partial charge in [-0.15, -0.1) is 11.8 Å². The molecule has 2 aromatic carbocycles. The maximum Gasteiger partial charge on any atom is 0.315 e. The fourth-order valence-corrected chi connectivity index (χ4v) is 3.89. The van der Waals surface area contributed by atoms with Gasteiger partial charge in [0.05, 0.1) is 26.6 Å². The number of amides is 1. The highest BCUT2D eigenvalue weighted by Gasteiger charge is 2.21. The van der Waals surface area contributed by atoms with E-state index in [-0.39, 0.29) is 34.7 Å². The number of nitrogens with zero attached hydrogens (tertiary/aromatic N) is 1. The van der Waals surface area contributed by atoms with Crippen LogP contribution in [0.3, 0.4) is 0 Å². The molecular weight excluding hydrogens is 433 g/mol. The van der Waals surface area contributed by atoms with E-state index in [0.717, 1.165) is 12.8 Å². The third-order valence-electron chi connectivity index (χ3n) is 4.75. The van der Waals surface area contributed by atoms with Crippen molar-refractivity contribution in [2.75, 3.05) is 45.4 Å². The first kappa shape index (κ1) is 25.5. The molecule has 0 aliphatic heterocycles. The van der Waals surface area contributed by atoms with Gasteiger partial charge in [-0.1, -0.05) is 30.3 Å². The molecule has 0 spiro atoms. The van der Waals surface area contributed by atoms with E-state index in [2.05, 4.69) is 12.1 Å². The lowest BCUT2D eigenvalue weighted by atomic mass is 10.1. The molecule has 0 N–H and O–H groups in total. The van der Waals surface area contributed by atoms with Crippen molar-refractivity contribution in [3.05, 3.63) is 59.4 Å². The predicted molar refractivity (Wildman–Crippen MR) is 124 cm³/mol. The zero-order valence-electron chi connectivity index (χ0n) is 18.8. The Morgan fingerprint density at radius 3 is 2.28 bits per heavy atom. The largest absolute Gasteiger partial charge is 0.494 e. The van der Waals surface area contributed by atoms with Gasteiger partial charge in [-0.05, 0) is 37.5 Å². The first-order chi connectivity index (χ1) is 15.5. The molecule has 2 aromatic rings. The minimum Gasteiger partial charge on any atom is -0.494 e. The lowest BCUT2D eigenvalue weighted by Crippen LogP contribution is -2.34. The van der Waals surface area contributed by atoms with E-state index in [1.54, 1.807) is 11.8 Å². The molecule has 0 saturated carbocycles. The van der Waals surface area contributed by atoms with E-state index in [0.29, 0.717) is 25.4 Å². The fraction of sp³-hybridized carbons (Fsp3) is 0.417. The van der Waals surface area contributed by atoms with Crippen LogP contribution in [0, 0.1) is 5.82 Å². The van der Waals surface area contributed by atoms with Gasteiger partial charge in [0.15, 0.2) is 11.5 Å². The second-order valence-corrected chi connectivity index (χ2v) is 8.04. The SMILES string of the molecule is CCOC(=O)CSCCN(CCCc1ccccc1)C(=O)c1cc(OC)c(F)c(OC)c1. The second kappa shape index (κ2) is 13.6. The van der Waals surface area contributed by atoms with Crippen molar-refractivity contribution in [2.24, 2.45) is 0 Å². The van der Waals surface area contributed by atoms with Crippen molar-refractivity contribution in [2.45, 2.75) is 19.8 Å². The molecule has 0 heterocycles. The molecule has 0 unspecified atom stereocenters. The Morgan fingerprint density at radius 1 is 1.03 bits per heavy atom. The average Bonchev–Trinajstić information content (AvgIpc) is 2.81. The summed E-state index contributed by atoms with van der Waals surface area (Å²) in [6.45, 7) is 3.08. The summed E-state index contributed by atoms with van der Waals surface area (Å²) in [7, 11) is 2.69. The van der Waals surface area contributed by atoms with Crippen LogP contribution < -0.4 is 9.47 Å². The van der Waals surface area contributed by atoms with Crippen molar-refractivity contribution in [1.82, 2.24) is 4.90 Å². The molecule has 0 aromatic heterocycles. The number of carbonyl (C=O) groups is 2. The van der Waals surface area contributed by atoms with Gasteiger partial charge >= 0.3 is 5.97 Å². The normalized spacial score (nSPS) is 10.5. The molecule has 1 amide bonds. The van der Waals surface area contributed by atoms with E-state index in [1.807, 2.05) is 18.2 Å². The highest BCUT2D eigenvalue weighted by Crippen LogP contribution is 2.29. The number of halogens is 1. The van der Waals surface area contributed by atoms with E-state index in [4.69, 9.17) is 14.2 Å². The second-order valence-electron chi connectivity index (χ2n) is 6.93. The zero-order valence-corrected chi connectivity index (χ0v) is 19.6. The van der Waals surface area contributed by atoms with Crippen LogP contribution in [-0.4, -0.2) is 62.2 Å². The molecule has 0 bridgehead atoms. The predicted octanol–water partition coefficient (Wildman–Crippen LogP) is 4.21. The van der Waals surface area contributed by atoms with Crippen molar-refractivity contribution >= 4 is 23.6 Å². The standard InChI is InChI=1S/C24H30FNO5S/c1-4-31-22(27)17-32-14-13-26(12-8-11-18-9-6-5-7-10-18)24(28)19-15-20(29-2)23(25)21(16-19)30-3/h5-7,9-10,15-16H,4,8,11-14,17H2,1-3H3. The van der Waals surface area contributed by atoms with Gasteiger partial charge < -0.3 is 19.1 Å². The van der Waals surface area contributed by atoms with Crippen LogP contribution in [0.2, 0.25) is 0 Å². The molecule has 0 radical (unpaired) electrons. The maximum atomic E-state index is 14.3. The van der Waals surface area contributed by atoms with Crippen LogP contribution in [0.25, 0.3) is 0 Å². The molecule has 174 valence electrons. The van der Waals surface area contributed by atoms with Gasteiger partial charge in [-0.25, -0.2) is 0 Å². The van der Waals surface area contributed by atoms with Crippen molar-refractivity contribution in [3.63, 3.8) is 0 Å². The molecule has 0 aliphatic rings. The summed E-state index contributed by atoms with van der Waals surface area (Å²) < 4.78 is 29.3. The van der Waals surface area contributed by atoms with Crippen LogP contribution in [0.5, 0.6) is 11.5 Å². The molecule has 0 saturated heterocycles. The van der Waals surface area contributed by atoms with Crippen LogP contribution >= 0.6 is 11.8 Å². The molecule has 32 heavy (non-hydrogen) atoms. The Labute approximate surface area is 193 Å². The number of carbonyl (C=O) groups excluding carboxylic acids is 2. The monoisotopic (exact) mass is 463 g/mol. The summed E-state index contributed by atoms with van der Waals surface area (Å²) in [4.78, 5) is 26.5. The topological polar surface area (TPSA) is 65.1 Å². The number of hydrogen-bond acceptors (Lipinski definition) is 6. The van der Waals surface area contributed by atoms with E-state index in [9.17, 15) is 14.0 Å².